The van der Waals surface area contributed by atoms with Crippen molar-refractivity contribution in [2.24, 2.45) is 0 Å². The molecule has 9 heteroatoms. The fourth-order valence-corrected chi connectivity index (χ4v) is 4.60. The van der Waals surface area contributed by atoms with Gasteiger partial charge in [0.2, 0.25) is 17.7 Å². The van der Waals surface area contributed by atoms with Crippen LogP contribution >= 0.6 is 0 Å². The van der Waals surface area contributed by atoms with E-state index in [1.807, 2.05) is 36.4 Å². The molecule has 4 heterocycles. The Morgan fingerprint density at radius 1 is 0.970 bits per heavy atom. The molecule has 168 valence electrons. The van der Waals surface area contributed by atoms with Crippen molar-refractivity contribution in [3.8, 4) is 0 Å². The normalized spacial score (nSPS) is 20.6. The van der Waals surface area contributed by atoms with Crippen molar-refractivity contribution in [3.63, 3.8) is 0 Å². The molecule has 0 unspecified atom stereocenters. The van der Waals surface area contributed by atoms with Gasteiger partial charge in [0, 0.05) is 44.2 Å². The highest BCUT2D eigenvalue weighted by molar-refractivity contribution is 6.04. The molecule has 5 rings (SSSR count). The number of benzene rings is 1. The number of nitrogens with zero attached hydrogens (tertiary/aromatic N) is 4. The van der Waals surface area contributed by atoms with Crippen LogP contribution in [0.1, 0.15) is 34.8 Å². The number of carbonyl (C=O) groups excluding carboxylic acids is 4. The summed E-state index contributed by atoms with van der Waals surface area (Å²) in [5.74, 6) is -1.31. The van der Waals surface area contributed by atoms with Crippen LogP contribution in [0.4, 0.5) is 0 Å². The summed E-state index contributed by atoms with van der Waals surface area (Å²) in [6.45, 7) is 0.424. The first-order chi connectivity index (χ1) is 16.0. The summed E-state index contributed by atoms with van der Waals surface area (Å²) >= 11 is 0. The van der Waals surface area contributed by atoms with E-state index in [1.165, 1.54) is 0 Å². The lowest BCUT2D eigenvalue weighted by Gasteiger charge is -2.20. The minimum absolute atomic E-state index is 0.119. The van der Waals surface area contributed by atoms with Crippen molar-refractivity contribution >= 4 is 29.3 Å². The molecule has 2 atom stereocenters. The number of pyridine rings is 1. The smallest absolute Gasteiger partial charge is 0.268 e. The molecule has 0 saturated carbocycles. The molecule has 2 fully saturated rings. The summed E-state index contributed by atoms with van der Waals surface area (Å²) in [4.78, 5) is 56.9. The SMILES string of the molecule is O=C(N[C@@H]1CN(C(=O)CN2C(=O)CCC2=O)C[C@H]1c1ccccc1)c1cccc2nccn12. The van der Waals surface area contributed by atoms with E-state index in [-0.39, 0.29) is 55.0 Å². The molecule has 0 spiro atoms. The fraction of sp³-hybridized carbons (Fsp3) is 0.292. The van der Waals surface area contributed by atoms with E-state index in [2.05, 4.69) is 10.3 Å². The lowest BCUT2D eigenvalue weighted by Crippen LogP contribution is -2.44. The van der Waals surface area contributed by atoms with Gasteiger partial charge < -0.3 is 10.2 Å². The zero-order valence-electron chi connectivity index (χ0n) is 17.9. The van der Waals surface area contributed by atoms with Crippen LogP contribution in [0.5, 0.6) is 0 Å². The average molecular weight is 445 g/mol. The zero-order chi connectivity index (χ0) is 22.9. The predicted octanol–water partition coefficient (Wildman–Crippen LogP) is 1.21. The number of imide groups is 1. The topological polar surface area (TPSA) is 104 Å². The molecular weight excluding hydrogens is 422 g/mol. The van der Waals surface area contributed by atoms with Gasteiger partial charge in [0.25, 0.3) is 5.91 Å². The summed E-state index contributed by atoms with van der Waals surface area (Å²) < 4.78 is 1.72. The third kappa shape index (κ3) is 3.97. The van der Waals surface area contributed by atoms with Crippen LogP contribution in [0.2, 0.25) is 0 Å². The van der Waals surface area contributed by atoms with Crippen molar-refractivity contribution in [3.05, 3.63) is 72.2 Å². The Morgan fingerprint density at radius 2 is 1.73 bits per heavy atom. The van der Waals surface area contributed by atoms with Gasteiger partial charge in [-0.1, -0.05) is 36.4 Å². The predicted molar refractivity (Wildman–Crippen MR) is 118 cm³/mol. The number of carbonyl (C=O) groups is 4. The molecular formula is C24H23N5O4. The van der Waals surface area contributed by atoms with Gasteiger partial charge in [-0.3, -0.25) is 28.5 Å². The van der Waals surface area contributed by atoms with Crippen LogP contribution in [0.25, 0.3) is 5.65 Å². The molecule has 2 aliphatic rings. The van der Waals surface area contributed by atoms with Gasteiger partial charge in [-0.15, -0.1) is 0 Å². The lowest BCUT2D eigenvalue weighted by atomic mass is 9.94. The molecule has 4 amide bonds. The summed E-state index contributed by atoms with van der Waals surface area (Å²) in [6, 6.07) is 14.7. The fourth-order valence-electron chi connectivity index (χ4n) is 4.60. The minimum atomic E-state index is -0.326. The van der Waals surface area contributed by atoms with Gasteiger partial charge in [-0.2, -0.15) is 0 Å². The summed E-state index contributed by atoms with van der Waals surface area (Å²) in [5, 5.41) is 3.09. The largest absolute Gasteiger partial charge is 0.346 e. The Balaban J connectivity index is 1.37. The second-order valence-electron chi connectivity index (χ2n) is 8.34. The molecule has 2 aromatic heterocycles. The van der Waals surface area contributed by atoms with Gasteiger partial charge in [-0.05, 0) is 17.7 Å². The van der Waals surface area contributed by atoms with Crippen LogP contribution in [-0.2, 0) is 14.4 Å². The first-order valence-corrected chi connectivity index (χ1v) is 10.9. The van der Waals surface area contributed by atoms with Crippen molar-refractivity contribution < 1.29 is 19.2 Å². The van der Waals surface area contributed by atoms with Gasteiger partial charge in [0.05, 0.1) is 6.04 Å². The van der Waals surface area contributed by atoms with Crippen LogP contribution in [0.15, 0.2) is 60.9 Å². The molecule has 1 N–H and O–H groups in total. The van der Waals surface area contributed by atoms with E-state index in [0.29, 0.717) is 24.4 Å². The number of fused-ring (bicyclic) bond motifs is 1. The van der Waals surface area contributed by atoms with Gasteiger partial charge in [-0.25, -0.2) is 4.98 Å². The molecule has 2 aliphatic heterocycles. The van der Waals surface area contributed by atoms with Gasteiger partial charge in [0.15, 0.2) is 0 Å². The van der Waals surface area contributed by atoms with Crippen LogP contribution in [0.3, 0.4) is 0 Å². The molecule has 1 aromatic carbocycles. The number of likely N-dealkylation sites (tertiary alicyclic amines) is 2. The second-order valence-corrected chi connectivity index (χ2v) is 8.34. The molecule has 0 aliphatic carbocycles. The first kappa shape index (κ1) is 20.9. The van der Waals surface area contributed by atoms with Crippen molar-refractivity contribution in [1.82, 2.24) is 24.5 Å². The second kappa shape index (κ2) is 8.50. The number of rotatable bonds is 5. The average Bonchev–Trinajstić information content (AvgIpc) is 3.55. The summed E-state index contributed by atoms with van der Waals surface area (Å²) in [5.41, 5.74) is 2.13. The molecule has 33 heavy (non-hydrogen) atoms. The quantitative estimate of drug-likeness (QED) is 0.595. The van der Waals surface area contributed by atoms with E-state index in [9.17, 15) is 19.2 Å². The van der Waals surface area contributed by atoms with Crippen molar-refractivity contribution in [2.45, 2.75) is 24.8 Å². The Kier molecular flexibility index (Phi) is 5.37. The van der Waals surface area contributed by atoms with E-state index < -0.39 is 0 Å². The Hall–Kier alpha value is -4.01. The minimum Gasteiger partial charge on any atom is -0.346 e. The zero-order valence-corrected chi connectivity index (χ0v) is 17.9. The number of imidazole rings is 1. The molecule has 9 nitrogen and oxygen atoms in total. The van der Waals surface area contributed by atoms with Crippen LogP contribution in [-0.4, -0.2) is 68.5 Å². The molecule has 0 radical (unpaired) electrons. The van der Waals surface area contributed by atoms with E-state index in [1.54, 1.807) is 33.8 Å². The highest BCUT2D eigenvalue weighted by Crippen LogP contribution is 2.28. The summed E-state index contributed by atoms with van der Waals surface area (Å²) in [6.07, 6.45) is 3.66. The maximum absolute atomic E-state index is 13.2. The van der Waals surface area contributed by atoms with Crippen molar-refractivity contribution in [2.75, 3.05) is 19.6 Å². The number of aromatic nitrogens is 2. The highest BCUT2D eigenvalue weighted by atomic mass is 16.2. The van der Waals surface area contributed by atoms with Crippen LogP contribution in [0, 0.1) is 0 Å². The first-order valence-electron chi connectivity index (χ1n) is 10.9. The summed E-state index contributed by atoms with van der Waals surface area (Å²) in [7, 11) is 0. The van der Waals surface area contributed by atoms with E-state index in [4.69, 9.17) is 0 Å². The monoisotopic (exact) mass is 445 g/mol. The van der Waals surface area contributed by atoms with Gasteiger partial charge in [0.1, 0.15) is 17.9 Å². The Bertz CT molecular complexity index is 1220. The van der Waals surface area contributed by atoms with Crippen LogP contribution < -0.4 is 5.32 Å². The number of nitrogens with one attached hydrogen (secondary N) is 1. The lowest BCUT2D eigenvalue weighted by molar-refractivity contribution is -0.145. The number of hydrogen-bond donors (Lipinski definition) is 1. The van der Waals surface area contributed by atoms with E-state index >= 15 is 0 Å². The van der Waals surface area contributed by atoms with E-state index in [0.717, 1.165) is 10.5 Å². The number of hydrogen-bond acceptors (Lipinski definition) is 5. The highest BCUT2D eigenvalue weighted by Gasteiger charge is 2.39. The Labute approximate surface area is 190 Å². The third-order valence-electron chi connectivity index (χ3n) is 6.33. The van der Waals surface area contributed by atoms with Gasteiger partial charge >= 0.3 is 0 Å². The maximum atomic E-state index is 13.2. The maximum Gasteiger partial charge on any atom is 0.268 e. The molecule has 3 aromatic rings. The third-order valence-corrected chi connectivity index (χ3v) is 6.33. The standard InChI is InChI=1S/C24H23N5O4/c30-21-9-10-22(31)29(21)15-23(32)27-13-17(16-5-2-1-3-6-16)18(14-27)26-24(33)19-7-4-8-20-25-11-12-28(19)20/h1-8,11-12,17-18H,9-10,13-15H2,(H,26,33)/t17-,18+/m0/s1. The van der Waals surface area contributed by atoms with Crippen molar-refractivity contribution in [1.29, 1.82) is 0 Å². The Morgan fingerprint density at radius 3 is 2.48 bits per heavy atom. The molecule has 2 saturated heterocycles. The number of amides is 4. The molecule has 0 bridgehead atoms.